The van der Waals surface area contributed by atoms with Crippen LogP contribution in [0.3, 0.4) is 0 Å². The molecule has 0 radical (unpaired) electrons. The third-order valence-electron chi connectivity index (χ3n) is 1.74. The van der Waals surface area contributed by atoms with Crippen molar-refractivity contribution >= 4 is 16.9 Å². The van der Waals surface area contributed by atoms with Gasteiger partial charge in [0.25, 0.3) is 0 Å². The summed E-state index contributed by atoms with van der Waals surface area (Å²) < 4.78 is 0. The molecule has 0 aliphatic rings. The molecule has 0 amide bonds. The lowest BCUT2D eigenvalue weighted by Crippen LogP contribution is -1.94. The number of benzene rings is 1. The quantitative estimate of drug-likeness (QED) is 0.571. The predicted molar refractivity (Wildman–Crippen MR) is 58.7 cm³/mol. The van der Waals surface area contributed by atoms with Gasteiger partial charge in [0.2, 0.25) is 5.12 Å². The van der Waals surface area contributed by atoms with Crippen LogP contribution >= 0.6 is 11.8 Å². The monoisotopic (exact) mass is 216 g/mol. The number of nitrogens with zero attached hydrogens (tertiary/aromatic N) is 2. The Labute approximate surface area is 91.6 Å². The van der Waals surface area contributed by atoms with Crippen LogP contribution in [0.5, 0.6) is 0 Å². The van der Waals surface area contributed by atoms with Crippen molar-refractivity contribution in [3.8, 4) is 0 Å². The van der Waals surface area contributed by atoms with Crippen molar-refractivity contribution in [3.63, 3.8) is 0 Å². The third-order valence-corrected chi connectivity index (χ3v) is 2.55. The standard InChI is InChI=1S/C11H8N2OS/c14-10(9-5-2-1-3-6-9)15-11-12-7-4-8-13-11/h1-8H. The molecule has 0 unspecified atom stereocenters. The Balaban J connectivity index is 2.12. The van der Waals surface area contributed by atoms with Crippen LogP contribution in [0.4, 0.5) is 0 Å². The normalized spacial score (nSPS) is 9.87. The van der Waals surface area contributed by atoms with Gasteiger partial charge in [0, 0.05) is 18.0 Å². The number of rotatable bonds is 2. The minimum atomic E-state index is -0.0400. The number of hydrogen-bond acceptors (Lipinski definition) is 4. The molecule has 0 spiro atoms. The fourth-order valence-corrected chi connectivity index (χ4v) is 1.70. The Bertz CT molecular complexity index is 445. The minimum Gasteiger partial charge on any atom is -0.281 e. The Kier molecular flexibility index (Phi) is 3.09. The minimum absolute atomic E-state index is 0.0400. The van der Waals surface area contributed by atoms with Gasteiger partial charge in [-0.3, -0.25) is 4.79 Å². The van der Waals surface area contributed by atoms with Crippen molar-refractivity contribution in [2.45, 2.75) is 5.16 Å². The lowest BCUT2D eigenvalue weighted by Gasteiger charge is -1.97. The second kappa shape index (κ2) is 4.70. The molecule has 15 heavy (non-hydrogen) atoms. The summed E-state index contributed by atoms with van der Waals surface area (Å²) in [5.41, 5.74) is 0.662. The maximum atomic E-state index is 11.7. The van der Waals surface area contributed by atoms with E-state index in [1.54, 1.807) is 30.6 Å². The van der Waals surface area contributed by atoms with E-state index < -0.39 is 0 Å². The zero-order valence-electron chi connectivity index (χ0n) is 7.83. The molecule has 1 heterocycles. The lowest BCUT2D eigenvalue weighted by atomic mass is 10.2. The van der Waals surface area contributed by atoms with Crippen LogP contribution in [0.25, 0.3) is 0 Å². The molecular weight excluding hydrogens is 208 g/mol. The van der Waals surface area contributed by atoms with E-state index in [-0.39, 0.29) is 5.12 Å². The molecule has 0 fully saturated rings. The van der Waals surface area contributed by atoms with E-state index in [9.17, 15) is 4.79 Å². The number of thioether (sulfide) groups is 1. The summed E-state index contributed by atoms with van der Waals surface area (Å²) in [5, 5.41) is 0.438. The summed E-state index contributed by atoms with van der Waals surface area (Å²) in [6.07, 6.45) is 3.24. The maximum absolute atomic E-state index is 11.7. The van der Waals surface area contributed by atoms with Crippen molar-refractivity contribution in [1.82, 2.24) is 9.97 Å². The van der Waals surface area contributed by atoms with E-state index in [0.717, 1.165) is 11.8 Å². The topological polar surface area (TPSA) is 42.9 Å². The number of carbonyl (C=O) groups is 1. The molecule has 0 saturated heterocycles. The highest BCUT2D eigenvalue weighted by molar-refractivity contribution is 8.14. The largest absolute Gasteiger partial charge is 0.281 e. The molecule has 0 aliphatic heterocycles. The summed E-state index contributed by atoms with van der Waals surface area (Å²) in [7, 11) is 0. The van der Waals surface area contributed by atoms with Crippen LogP contribution in [0.1, 0.15) is 10.4 Å². The first kappa shape index (κ1) is 9.86. The molecule has 2 rings (SSSR count). The second-order valence-electron chi connectivity index (χ2n) is 2.79. The molecular formula is C11H8N2OS. The lowest BCUT2D eigenvalue weighted by molar-refractivity contribution is 0.108. The zero-order chi connectivity index (χ0) is 10.5. The highest BCUT2D eigenvalue weighted by Crippen LogP contribution is 2.17. The van der Waals surface area contributed by atoms with Gasteiger partial charge in [0.1, 0.15) is 0 Å². The summed E-state index contributed by atoms with van der Waals surface area (Å²) in [6.45, 7) is 0. The number of carbonyl (C=O) groups excluding carboxylic acids is 1. The highest BCUT2D eigenvalue weighted by Gasteiger charge is 2.08. The third kappa shape index (κ3) is 2.63. The first-order valence-electron chi connectivity index (χ1n) is 4.40. The summed E-state index contributed by atoms with van der Waals surface area (Å²) in [5.74, 6) is 0. The van der Waals surface area contributed by atoms with Crippen molar-refractivity contribution in [2.24, 2.45) is 0 Å². The van der Waals surface area contributed by atoms with Gasteiger partial charge in [-0.2, -0.15) is 0 Å². The molecule has 4 heteroatoms. The Morgan fingerprint density at radius 3 is 2.33 bits per heavy atom. The van der Waals surface area contributed by atoms with Crippen LogP contribution in [-0.4, -0.2) is 15.1 Å². The van der Waals surface area contributed by atoms with Crippen LogP contribution in [0.15, 0.2) is 53.9 Å². The fourth-order valence-electron chi connectivity index (χ4n) is 1.05. The van der Waals surface area contributed by atoms with Crippen LogP contribution in [0, 0.1) is 0 Å². The van der Waals surface area contributed by atoms with Crippen LogP contribution in [-0.2, 0) is 0 Å². The molecule has 1 aromatic heterocycles. The average Bonchev–Trinajstić information content (AvgIpc) is 2.31. The van der Waals surface area contributed by atoms with Crippen LogP contribution in [0.2, 0.25) is 0 Å². The van der Waals surface area contributed by atoms with Crippen molar-refractivity contribution in [3.05, 3.63) is 54.4 Å². The van der Waals surface area contributed by atoms with Gasteiger partial charge >= 0.3 is 0 Å². The zero-order valence-corrected chi connectivity index (χ0v) is 8.65. The van der Waals surface area contributed by atoms with Gasteiger partial charge in [-0.25, -0.2) is 9.97 Å². The van der Waals surface area contributed by atoms with Gasteiger partial charge in [0.05, 0.1) is 0 Å². The molecule has 0 atom stereocenters. The van der Waals surface area contributed by atoms with E-state index in [0.29, 0.717) is 10.7 Å². The number of aromatic nitrogens is 2. The molecule has 2 aromatic rings. The van der Waals surface area contributed by atoms with E-state index >= 15 is 0 Å². The van der Waals surface area contributed by atoms with E-state index in [1.807, 2.05) is 18.2 Å². The molecule has 0 saturated carbocycles. The molecule has 0 N–H and O–H groups in total. The first-order chi connectivity index (χ1) is 7.36. The van der Waals surface area contributed by atoms with E-state index in [2.05, 4.69) is 9.97 Å². The molecule has 3 nitrogen and oxygen atoms in total. The van der Waals surface area contributed by atoms with Crippen molar-refractivity contribution in [2.75, 3.05) is 0 Å². The Morgan fingerprint density at radius 2 is 1.67 bits per heavy atom. The molecule has 0 aliphatic carbocycles. The number of hydrogen-bond donors (Lipinski definition) is 0. The Hall–Kier alpha value is -1.68. The van der Waals surface area contributed by atoms with Gasteiger partial charge in [-0.1, -0.05) is 30.3 Å². The maximum Gasteiger partial charge on any atom is 0.227 e. The molecule has 74 valence electrons. The second-order valence-corrected chi connectivity index (χ2v) is 3.73. The van der Waals surface area contributed by atoms with Gasteiger partial charge in [-0.15, -0.1) is 0 Å². The molecule has 0 bridgehead atoms. The van der Waals surface area contributed by atoms with E-state index in [1.165, 1.54) is 0 Å². The van der Waals surface area contributed by atoms with Gasteiger partial charge < -0.3 is 0 Å². The van der Waals surface area contributed by atoms with Gasteiger partial charge in [-0.05, 0) is 17.8 Å². The van der Waals surface area contributed by atoms with Crippen molar-refractivity contribution < 1.29 is 4.79 Å². The van der Waals surface area contributed by atoms with Crippen molar-refractivity contribution in [1.29, 1.82) is 0 Å². The molecule has 1 aromatic carbocycles. The van der Waals surface area contributed by atoms with E-state index in [4.69, 9.17) is 0 Å². The SMILES string of the molecule is O=C(Sc1ncccn1)c1ccccc1. The fraction of sp³-hybridized carbons (Fsp3) is 0. The predicted octanol–water partition coefficient (Wildman–Crippen LogP) is 2.41. The van der Waals surface area contributed by atoms with Gasteiger partial charge in [0.15, 0.2) is 5.16 Å². The van der Waals surface area contributed by atoms with Crippen LogP contribution < -0.4 is 0 Å². The average molecular weight is 216 g/mol. The Morgan fingerprint density at radius 1 is 1.00 bits per heavy atom. The summed E-state index contributed by atoms with van der Waals surface area (Å²) in [6, 6.07) is 10.8. The smallest absolute Gasteiger partial charge is 0.227 e. The summed E-state index contributed by atoms with van der Waals surface area (Å²) in [4.78, 5) is 19.6. The first-order valence-corrected chi connectivity index (χ1v) is 5.22. The highest BCUT2D eigenvalue weighted by atomic mass is 32.2. The summed E-state index contributed by atoms with van der Waals surface area (Å²) >= 11 is 1.04.